The number of rotatable bonds is 10. The van der Waals surface area contributed by atoms with Gasteiger partial charge in [-0.2, -0.15) is 0 Å². The van der Waals surface area contributed by atoms with Gasteiger partial charge in [-0.05, 0) is 38.5 Å². The van der Waals surface area contributed by atoms with Gasteiger partial charge in [0.2, 0.25) is 0 Å². The van der Waals surface area contributed by atoms with Crippen LogP contribution in [0, 0.1) is 0 Å². The van der Waals surface area contributed by atoms with Crippen molar-refractivity contribution in [3.05, 3.63) is 24.3 Å². The first-order valence-electron chi connectivity index (χ1n) is 6.32. The van der Waals surface area contributed by atoms with Crippen LogP contribution in [0.4, 0.5) is 0 Å². The van der Waals surface area contributed by atoms with E-state index in [0.29, 0.717) is 0 Å². The molecule has 0 aromatic carbocycles. The topological polar surface area (TPSA) is 20.2 Å². The van der Waals surface area contributed by atoms with Crippen molar-refractivity contribution in [2.45, 2.75) is 58.3 Å². The quantitative estimate of drug-likeness (QED) is 0.422. The Labute approximate surface area is 94.9 Å². The molecule has 1 N–H and O–H groups in total. The van der Waals surface area contributed by atoms with E-state index in [-0.39, 0.29) is 6.61 Å². The highest BCUT2D eigenvalue weighted by molar-refractivity contribution is 4.83. The Balaban J connectivity index is 3.06. The molecule has 0 fully saturated rings. The highest BCUT2D eigenvalue weighted by Crippen LogP contribution is 2.04. The van der Waals surface area contributed by atoms with Gasteiger partial charge in [0.25, 0.3) is 0 Å². The molecule has 0 atom stereocenters. The van der Waals surface area contributed by atoms with E-state index in [2.05, 4.69) is 25.2 Å². The summed E-state index contributed by atoms with van der Waals surface area (Å²) in [6.45, 7) is 2.42. The molecule has 0 unspecified atom stereocenters. The normalized spacial score (nSPS) is 11.9. The minimum Gasteiger partial charge on any atom is -0.392 e. The molecule has 0 saturated heterocycles. The van der Waals surface area contributed by atoms with Crippen LogP contribution < -0.4 is 0 Å². The third kappa shape index (κ3) is 13.4. The van der Waals surface area contributed by atoms with Gasteiger partial charge in [0.15, 0.2) is 0 Å². The van der Waals surface area contributed by atoms with Gasteiger partial charge >= 0.3 is 0 Å². The van der Waals surface area contributed by atoms with E-state index in [9.17, 15) is 0 Å². The van der Waals surface area contributed by atoms with Crippen molar-refractivity contribution < 1.29 is 5.11 Å². The molecule has 1 heteroatoms. The Kier molecular flexibility index (Phi) is 12.9. The predicted molar refractivity (Wildman–Crippen MR) is 68.0 cm³/mol. The zero-order valence-corrected chi connectivity index (χ0v) is 10.1. The lowest BCUT2D eigenvalue weighted by atomic mass is 10.1. The Morgan fingerprint density at radius 1 is 0.733 bits per heavy atom. The molecule has 1 nitrogen and oxygen atoms in total. The van der Waals surface area contributed by atoms with E-state index in [1.54, 1.807) is 0 Å². The summed E-state index contributed by atoms with van der Waals surface area (Å²) >= 11 is 0. The smallest absolute Gasteiger partial charge is 0.0612 e. The lowest BCUT2D eigenvalue weighted by molar-refractivity contribution is 0.342. The van der Waals surface area contributed by atoms with Crippen molar-refractivity contribution in [2.75, 3.05) is 6.61 Å². The minimum atomic E-state index is 0.178. The number of aliphatic hydroxyl groups excluding tert-OH is 1. The number of hydrogen-bond donors (Lipinski definition) is 1. The van der Waals surface area contributed by atoms with Crippen molar-refractivity contribution in [3.63, 3.8) is 0 Å². The second kappa shape index (κ2) is 13.4. The summed E-state index contributed by atoms with van der Waals surface area (Å²) in [7, 11) is 0. The fraction of sp³-hybridized carbons (Fsp3) is 0.714. The summed E-state index contributed by atoms with van der Waals surface area (Å²) in [5.74, 6) is 0. The van der Waals surface area contributed by atoms with Crippen LogP contribution in [-0.4, -0.2) is 11.7 Å². The molecule has 15 heavy (non-hydrogen) atoms. The van der Waals surface area contributed by atoms with E-state index < -0.39 is 0 Å². The van der Waals surface area contributed by atoms with Crippen LogP contribution in [-0.2, 0) is 0 Å². The van der Waals surface area contributed by atoms with Gasteiger partial charge in [-0.25, -0.2) is 0 Å². The van der Waals surface area contributed by atoms with Gasteiger partial charge in [-0.15, -0.1) is 0 Å². The van der Waals surface area contributed by atoms with Crippen LogP contribution in [0.25, 0.3) is 0 Å². The van der Waals surface area contributed by atoms with E-state index in [0.717, 1.165) is 6.42 Å². The Bertz CT molecular complexity index is 159. The van der Waals surface area contributed by atoms with Crippen LogP contribution >= 0.6 is 0 Å². The summed E-state index contributed by atoms with van der Waals surface area (Å²) in [6.07, 6.45) is 18.6. The third-order valence-electron chi connectivity index (χ3n) is 2.40. The number of allylic oxidation sites excluding steroid dienone is 3. The molecule has 0 radical (unpaired) electrons. The van der Waals surface area contributed by atoms with Gasteiger partial charge < -0.3 is 5.11 Å². The monoisotopic (exact) mass is 210 g/mol. The Morgan fingerprint density at radius 3 is 1.67 bits per heavy atom. The summed E-state index contributed by atoms with van der Waals surface area (Å²) in [5, 5.41) is 8.51. The summed E-state index contributed by atoms with van der Waals surface area (Å²) < 4.78 is 0. The van der Waals surface area contributed by atoms with Crippen molar-refractivity contribution in [3.8, 4) is 0 Å². The second-order valence-corrected chi connectivity index (χ2v) is 3.91. The van der Waals surface area contributed by atoms with Crippen LogP contribution in [0.3, 0.4) is 0 Å². The van der Waals surface area contributed by atoms with Crippen LogP contribution in [0.1, 0.15) is 58.3 Å². The van der Waals surface area contributed by atoms with Crippen LogP contribution in [0.15, 0.2) is 24.3 Å². The van der Waals surface area contributed by atoms with Gasteiger partial charge in [0, 0.05) is 0 Å². The van der Waals surface area contributed by atoms with Gasteiger partial charge in [0.1, 0.15) is 0 Å². The molecule has 0 aromatic rings. The molecule has 0 rings (SSSR count). The first-order chi connectivity index (χ1) is 7.41. The number of aliphatic hydroxyl groups is 1. The number of hydrogen-bond acceptors (Lipinski definition) is 1. The van der Waals surface area contributed by atoms with E-state index in [4.69, 9.17) is 5.11 Å². The standard InChI is InChI=1S/C14H26O/c1-2-3-4-5-6-7-8-9-10-11-12-13-14-15/h6-7,12-13,15H,2-5,8-11,14H2,1H3/b7-6-,13-12+. The lowest BCUT2D eigenvalue weighted by Crippen LogP contribution is -1.75. The van der Waals surface area contributed by atoms with Gasteiger partial charge in [0.05, 0.1) is 6.61 Å². The van der Waals surface area contributed by atoms with Crippen molar-refractivity contribution >= 4 is 0 Å². The van der Waals surface area contributed by atoms with E-state index in [1.807, 2.05) is 6.08 Å². The molecule has 0 spiro atoms. The zero-order valence-electron chi connectivity index (χ0n) is 10.1. The third-order valence-corrected chi connectivity index (χ3v) is 2.40. The molecular formula is C14H26O. The largest absolute Gasteiger partial charge is 0.392 e. The molecule has 0 bridgehead atoms. The van der Waals surface area contributed by atoms with Crippen LogP contribution in [0.2, 0.25) is 0 Å². The van der Waals surface area contributed by atoms with Gasteiger partial charge in [-0.3, -0.25) is 0 Å². The first kappa shape index (κ1) is 14.4. The van der Waals surface area contributed by atoms with E-state index >= 15 is 0 Å². The fourth-order valence-electron chi connectivity index (χ4n) is 1.46. The van der Waals surface area contributed by atoms with Crippen LogP contribution in [0.5, 0.6) is 0 Å². The van der Waals surface area contributed by atoms with Crippen molar-refractivity contribution in [1.29, 1.82) is 0 Å². The average molecular weight is 210 g/mol. The van der Waals surface area contributed by atoms with Crippen molar-refractivity contribution in [1.82, 2.24) is 0 Å². The molecule has 0 saturated carbocycles. The number of unbranched alkanes of at least 4 members (excludes halogenated alkanes) is 6. The maximum absolute atomic E-state index is 8.51. The highest BCUT2D eigenvalue weighted by Gasteiger charge is 1.84. The summed E-state index contributed by atoms with van der Waals surface area (Å²) in [6, 6.07) is 0. The molecule has 0 aliphatic heterocycles. The lowest BCUT2D eigenvalue weighted by Gasteiger charge is -1.94. The van der Waals surface area contributed by atoms with E-state index in [1.165, 1.54) is 44.9 Å². The van der Waals surface area contributed by atoms with Gasteiger partial charge in [-0.1, -0.05) is 44.1 Å². The molecule has 0 amide bonds. The maximum Gasteiger partial charge on any atom is 0.0612 e. The Hall–Kier alpha value is -0.560. The SMILES string of the molecule is CCCCC/C=C\CCCC/C=C/CO. The molecular weight excluding hydrogens is 184 g/mol. The molecule has 0 aliphatic carbocycles. The summed E-state index contributed by atoms with van der Waals surface area (Å²) in [4.78, 5) is 0. The summed E-state index contributed by atoms with van der Waals surface area (Å²) in [5.41, 5.74) is 0. The second-order valence-electron chi connectivity index (χ2n) is 3.91. The molecule has 0 aromatic heterocycles. The minimum absolute atomic E-state index is 0.178. The maximum atomic E-state index is 8.51. The highest BCUT2D eigenvalue weighted by atomic mass is 16.2. The fourth-order valence-corrected chi connectivity index (χ4v) is 1.46. The van der Waals surface area contributed by atoms with Crippen molar-refractivity contribution in [2.24, 2.45) is 0 Å². The molecule has 88 valence electrons. The molecule has 0 aliphatic rings. The zero-order chi connectivity index (χ0) is 11.2. The molecule has 0 heterocycles. The predicted octanol–water partition coefficient (Wildman–Crippen LogP) is 4.23. The average Bonchev–Trinajstić information content (AvgIpc) is 2.26. The Morgan fingerprint density at radius 2 is 1.20 bits per heavy atom. The first-order valence-corrected chi connectivity index (χ1v) is 6.32.